The first-order valence-corrected chi connectivity index (χ1v) is 8.42. The van der Waals surface area contributed by atoms with E-state index in [0.717, 1.165) is 5.56 Å². The number of hydrogen-bond donors (Lipinski definition) is 4. The molecule has 1 heterocycles. The molecule has 2 atom stereocenters. The van der Waals surface area contributed by atoms with Gasteiger partial charge >= 0.3 is 5.97 Å². The van der Waals surface area contributed by atoms with Gasteiger partial charge in [0.1, 0.15) is 12.1 Å². The molecule has 0 aliphatic rings. The second-order valence-electron chi connectivity index (χ2n) is 6.15. The SMILES string of the molecule is Cn1cnc(CC(NC(=O)CN)C(=O)NC(Cc2ccccc2)C(=O)O)c1. The molecule has 2 aromatic rings. The smallest absolute Gasteiger partial charge is 0.326 e. The maximum absolute atomic E-state index is 12.6. The molecule has 0 aliphatic carbocycles. The van der Waals surface area contributed by atoms with Gasteiger partial charge in [0, 0.05) is 26.1 Å². The van der Waals surface area contributed by atoms with Crippen molar-refractivity contribution in [3.05, 3.63) is 54.1 Å². The molecular weight excluding hydrogens is 350 g/mol. The van der Waals surface area contributed by atoms with Crippen molar-refractivity contribution < 1.29 is 19.5 Å². The lowest BCUT2D eigenvalue weighted by Gasteiger charge is -2.21. The van der Waals surface area contributed by atoms with Gasteiger partial charge in [0.15, 0.2) is 0 Å². The maximum Gasteiger partial charge on any atom is 0.326 e. The number of imidazole rings is 1. The average molecular weight is 373 g/mol. The number of rotatable bonds is 9. The topological polar surface area (TPSA) is 139 Å². The fourth-order valence-electron chi connectivity index (χ4n) is 2.57. The summed E-state index contributed by atoms with van der Waals surface area (Å²) in [5.74, 6) is -2.28. The van der Waals surface area contributed by atoms with Crippen LogP contribution in [-0.2, 0) is 34.3 Å². The molecular formula is C18H23N5O4. The number of aromatic nitrogens is 2. The largest absolute Gasteiger partial charge is 0.480 e. The van der Waals surface area contributed by atoms with Crippen molar-refractivity contribution in [1.82, 2.24) is 20.2 Å². The summed E-state index contributed by atoms with van der Waals surface area (Å²) in [7, 11) is 1.78. The molecule has 0 radical (unpaired) electrons. The fourth-order valence-corrected chi connectivity index (χ4v) is 2.57. The summed E-state index contributed by atoms with van der Waals surface area (Å²) in [6.07, 6.45) is 3.54. The minimum absolute atomic E-state index is 0.121. The van der Waals surface area contributed by atoms with E-state index in [2.05, 4.69) is 15.6 Å². The van der Waals surface area contributed by atoms with Crippen molar-refractivity contribution in [2.45, 2.75) is 24.9 Å². The zero-order valence-electron chi connectivity index (χ0n) is 15.0. The van der Waals surface area contributed by atoms with Crippen molar-refractivity contribution in [1.29, 1.82) is 0 Å². The Morgan fingerprint density at radius 2 is 1.85 bits per heavy atom. The number of carbonyl (C=O) groups is 3. The standard InChI is InChI=1S/C18H23N5O4/c1-23-10-13(20-11-23)8-14(21-16(24)9-19)17(25)22-15(18(26)27)7-12-5-3-2-4-6-12/h2-6,10-11,14-15H,7-9,19H2,1H3,(H,21,24)(H,22,25)(H,26,27). The van der Waals surface area contributed by atoms with Crippen LogP contribution < -0.4 is 16.4 Å². The molecule has 0 saturated heterocycles. The molecule has 27 heavy (non-hydrogen) atoms. The van der Waals surface area contributed by atoms with E-state index in [0.29, 0.717) is 5.69 Å². The first-order valence-electron chi connectivity index (χ1n) is 8.42. The van der Waals surface area contributed by atoms with Crippen LogP contribution in [0.4, 0.5) is 0 Å². The van der Waals surface area contributed by atoms with Crippen molar-refractivity contribution in [2.75, 3.05) is 6.54 Å². The van der Waals surface area contributed by atoms with Crippen LogP contribution in [0, 0.1) is 0 Å². The Balaban J connectivity index is 2.11. The number of amides is 2. The van der Waals surface area contributed by atoms with Crippen LogP contribution in [0.2, 0.25) is 0 Å². The van der Waals surface area contributed by atoms with Gasteiger partial charge in [0.2, 0.25) is 11.8 Å². The lowest BCUT2D eigenvalue weighted by atomic mass is 10.0. The minimum atomic E-state index is -1.16. The number of carboxylic acids is 1. The third-order valence-electron chi connectivity index (χ3n) is 3.91. The van der Waals surface area contributed by atoms with E-state index in [9.17, 15) is 19.5 Å². The van der Waals surface area contributed by atoms with Gasteiger partial charge in [-0.25, -0.2) is 9.78 Å². The average Bonchev–Trinajstić information content (AvgIpc) is 3.06. The van der Waals surface area contributed by atoms with Crippen LogP contribution in [0.25, 0.3) is 0 Å². The normalized spacial score (nSPS) is 12.8. The van der Waals surface area contributed by atoms with E-state index in [1.807, 2.05) is 6.07 Å². The zero-order valence-corrected chi connectivity index (χ0v) is 15.0. The molecule has 1 aromatic carbocycles. The summed E-state index contributed by atoms with van der Waals surface area (Å²) in [6, 6.07) is 6.87. The van der Waals surface area contributed by atoms with Gasteiger partial charge in [-0.05, 0) is 5.56 Å². The molecule has 2 unspecified atom stereocenters. The molecule has 144 valence electrons. The van der Waals surface area contributed by atoms with Crippen LogP contribution >= 0.6 is 0 Å². The van der Waals surface area contributed by atoms with Gasteiger partial charge < -0.3 is 26.0 Å². The number of aliphatic carboxylic acids is 1. The number of nitrogens with two attached hydrogens (primary N) is 1. The quantitative estimate of drug-likeness (QED) is 0.455. The van der Waals surface area contributed by atoms with Crippen LogP contribution in [0.3, 0.4) is 0 Å². The highest BCUT2D eigenvalue weighted by atomic mass is 16.4. The number of carbonyl (C=O) groups excluding carboxylic acids is 2. The minimum Gasteiger partial charge on any atom is -0.480 e. The maximum atomic E-state index is 12.6. The fraction of sp³-hybridized carbons (Fsp3) is 0.333. The number of nitrogens with one attached hydrogen (secondary N) is 2. The summed E-state index contributed by atoms with van der Waals surface area (Å²) >= 11 is 0. The Bertz CT molecular complexity index is 790. The van der Waals surface area contributed by atoms with Crippen LogP contribution in [0.5, 0.6) is 0 Å². The first kappa shape index (κ1) is 20.1. The summed E-state index contributed by atoms with van der Waals surface area (Å²) in [5.41, 5.74) is 6.68. The van der Waals surface area contributed by atoms with Crippen LogP contribution in [0.15, 0.2) is 42.9 Å². The molecule has 0 saturated carbocycles. The lowest BCUT2D eigenvalue weighted by Crippen LogP contribution is -2.54. The zero-order chi connectivity index (χ0) is 19.8. The molecule has 9 heteroatoms. The summed E-state index contributed by atoms with van der Waals surface area (Å²) in [6.45, 7) is -0.279. The van der Waals surface area contributed by atoms with E-state index < -0.39 is 29.9 Å². The van der Waals surface area contributed by atoms with E-state index in [1.165, 1.54) is 0 Å². The summed E-state index contributed by atoms with van der Waals surface area (Å²) < 4.78 is 1.71. The molecule has 2 amide bonds. The number of aryl methyl sites for hydroxylation is 1. The van der Waals surface area contributed by atoms with Gasteiger partial charge in [-0.1, -0.05) is 30.3 Å². The number of nitrogens with zero attached hydrogens (tertiary/aromatic N) is 2. The lowest BCUT2D eigenvalue weighted by molar-refractivity contribution is -0.142. The Kier molecular flexibility index (Phi) is 7.07. The van der Waals surface area contributed by atoms with Crippen LogP contribution in [-0.4, -0.2) is 51.1 Å². The molecule has 5 N–H and O–H groups in total. The second-order valence-corrected chi connectivity index (χ2v) is 6.15. The Labute approximate surface area is 156 Å². The van der Waals surface area contributed by atoms with Crippen LogP contribution in [0.1, 0.15) is 11.3 Å². The van der Waals surface area contributed by atoms with Crippen molar-refractivity contribution in [3.63, 3.8) is 0 Å². The third kappa shape index (κ3) is 6.23. The first-order chi connectivity index (χ1) is 12.9. The Morgan fingerprint density at radius 3 is 2.41 bits per heavy atom. The predicted octanol–water partition coefficient (Wildman–Crippen LogP) is -0.782. The number of hydrogen-bond acceptors (Lipinski definition) is 5. The second kappa shape index (κ2) is 9.48. The molecule has 0 spiro atoms. The summed E-state index contributed by atoms with van der Waals surface area (Å²) in [4.78, 5) is 40.0. The van der Waals surface area contributed by atoms with Crippen molar-refractivity contribution in [2.24, 2.45) is 12.8 Å². The molecule has 2 rings (SSSR count). The third-order valence-corrected chi connectivity index (χ3v) is 3.91. The monoisotopic (exact) mass is 373 g/mol. The van der Waals surface area contributed by atoms with E-state index >= 15 is 0 Å². The van der Waals surface area contributed by atoms with Gasteiger partial charge in [-0.15, -0.1) is 0 Å². The molecule has 0 fully saturated rings. The van der Waals surface area contributed by atoms with E-state index in [4.69, 9.17) is 5.73 Å². The number of carboxylic acid groups (broad SMARTS) is 1. The van der Waals surface area contributed by atoms with Crippen molar-refractivity contribution in [3.8, 4) is 0 Å². The van der Waals surface area contributed by atoms with E-state index in [-0.39, 0.29) is 19.4 Å². The van der Waals surface area contributed by atoms with Gasteiger partial charge in [-0.2, -0.15) is 0 Å². The highest BCUT2D eigenvalue weighted by Gasteiger charge is 2.27. The molecule has 9 nitrogen and oxygen atoms in total. The molecule has 0 aliphatic heterocycles. The Morgan fingerprint density at radius 1 is 1.15 bits per heavy atom. The predicted molar refractivity (Wildman–Crippen MR) is 97.6 cm³/mol. The Hall–Kier alpha value is -3.20. The summed E-state index contributed by atoms with van der Waals surface area (Å²) in [5, 5.41) is 14.5. The highest BCUT2D eigenvalue weighted by molar-refractivity contribution is 5.91. The molecule has 1 aromatic heterocycles. The van der Waals surface area contributed by atoms with Crippen molar-refractivity contribution >= 4 is 17.8 Å². The van der Waals surface area contributed by atoms with Gasteiger partial charge in [0.05, 0.1) is 18.6 Å². The number of benzene rings is 1. The molecule has 0 bridgehead atoms. The van der Waals surface area contributed by atoms with Gasteiger partial charge in [-0.3, -0.25) is 9.59 Å². The van der Waals surface area contributed by atoms with Gasteiger partial charge in [0.25, 0.3) is 0 Å². The van der Waals surface area contributed by atoms with E-state index in [1.54, 1.807) is 48.4 Å². The highest BCUT2D eigenvalue weighted by Crippen LogP contribution is 2.06.